The number of esters is 1. The van der Waals surface area contributed by atoms with Crippen LogP contribution in [0.2, 0.25) is 0 Å². The molecule has 4 aliphatic carbocycles. The fourth-order valence-electron chi connectivity index (χ4n) is 9.86. The molecule has 4 rings (SSSR count). The fraction of sp³-hybridized carbons (Fsp3) is 0.966. The van der Waals surface area contributed by atoms with Crippen LogP contribution in [0.3, 0.4) is 0 Å². The molecule has 10 atom stereocenters. The average molecular weight is 476 g/mol. The summed E-state index contributed by atoms with van der Waals surface area (Å²) in [5.41, 5.74) is 0.345. The molecular weight excluding hydrogens is 426 g/mol. The molecule has 4 saturated carbocycles. The van der Waals surface area contributed by atoms with Crippen molar-refractivity contribution >= 4 is 5.97 Å². The summed E-state index contributed by atoms with van der Waals surface area (Å²) in [5, 5.41) is 12.4. The number of hydrogen-bond donors (Lipinski definition) is 0. The van der Waals surface area contributed by atoms with E-state index in [2.05, 4.69) is 34.6 Å². The Kier molecular flexibility index (Phi) is 7.43. The second kappa shape index (κ2) is 9.73. The lowest BCUT2D eigenvalue weighted by molar-refractivity contribution is -0.547. The average Bonchev–Trinajstić information content (AvgIpc) is 3.10. The molecule has 0 saturated heterocycles. The van der Waals surface area contributed by atoms with Gasteiger partial charge in [-0.15, -0.1) is 0 Å². The van der Waals surface area contributed by atoms with Gasteiger partial charge in [-0.2, -0.15) is 0 Å². The van der Waals surface area contributed by atoms with E-state index in [1.54, 1.807) is 0 Å². The number of fused-ring (bicyclic) bond motifs is 5. The van der Waals surface area contributed by atoms with Gasteiger partial charge in [0, 0.05) is 24.2 Å². The van der Waals surface area contributed by atoms with Gasteiger partial charge in [-0.3, -0.25) is 14.9 Å². The van der Waals surface area contributed by atoms with Crippen LogP contribution in [0.25, 0.3) is 0 Å². The number of hydrogen-bond acceptors (Lipinski definition) is 4. The van der Waals surface area contributed by atoms with Crippen LogP contribution in [-0.2, 0) is 9.53 Å². The highest BCUT2D eigenvalue weighted by molar-refractivity contribution is 5.66. The van der Waals surface area contributed by atoms with E-state index < -0.39 is 6.04 Å². The lowest BCUT2D eigenvalue weighted by atomic mass is 9.43. The molecule has 4 aliphatic rings. The highest BCUT2D eigenvalue weighted by atomic mass is 16.6. The summed E-state index contributed by atoms with van der Waals surface area (Å²) < 4.78 is 5.56. The number of ether oxygens (including phenoxy) is 1. The smallest absolute Gasteiger partial charge is 0.302 e. The maximum atomic E-state index is 12.4. The van der Waals surface area contributed by atoms with Gasteiger partial charge in [0.1, 0.15) is 6.10 Å². The monoisotopic (exact) mass is 475 g/mol. The molecule has 0 aromatic heterocycles. The van der Waals surface area contributed by atoms with Crippen LogP contribution in [-0.4, -0.2) is 23.0 Å². The Morgan fingerprint density at radius 1 is 0.971 bits per heavy atom. The highest BCUT2D eigenvalue weighted by Gasteiger charge is 2.65. The Morgan fingerprint density at radius 3 is 2.29 bits per heavy atom. The molecular formula is C29H49NO4. The van der Waals surface area contributed by atoms with Crippen LogP contribution >= 0.6 is 0 Å². The summed E-state index contributed by atoms with van der Waals surface area (Å²) in [7, 11) is 0. The first-order chi connectivity index (χ1) is 16.0. The molecule has 0 amide bonds. The van der Waals surface area contributed by atoms with Gasteiger partial charge < -0.3 is 4.74 Å². The zero-order valence-corrected chi connectivity index (χ0v) is 22.6. The highest BCUT2D eigenvalue weighted by Crippen LogP contribution is 2.68. The molecule has 0 heterocycles. The molecule has 0 aromatic carbocycles. The summed E-state index contributed by atoms with van der Waals surface area (Å²) in [6, 6.07) is -0.491. The number of nitro groups is 1. The summed E-state index contributed by atoms with van der Waals surface area (Å²) in [6.45, 7) is 13.5. The van der Waals surface area contributed by atoms with Crippen molar-refractivity contribution < 1.29 is 14.5 Å². The predicted octanol–water partition coefficient (Wildman–Crippen LogP) is 7.29. The Bertz CT molecular complexity index is 767. The summed E-state index contributed by atoms with van der Waals surface area (Å²) in [6.07, 6.45) is 12.1. The lowest BCUT2D eigenvalue weighted by Gasteiger charge is -2.61. The first-order valence-electron chi connectivity index (χ1n) is 14.3. The molecule has 4 fully saturated rings. The van der Waals surface area contributed by atoms with Crippen molar-refractivity contribution in [3.05, 3.63) is 10.1 Å². The van der Waals surface area contributed by atoms with Gasteiger partial charge in [-0.1, -0.05) is 53.9 Å². The van der Waals surface area contributed by atoms with Gasteiger partial charge in [0.25, 0.3) is 0 Å². The molecule has 0 unspecified atom stereocenters. The van der Waals surface area contributed by atoms with Crippen molar-refractivity contribution in [1.82, 2.24) is 0 Å². The van der Waals surface area contributed by atoms with Crippen molar-refractivity contribution in [2.24, 2.45) is 52.3 Å². The maximum absolute atomic E-state index is 12.4. The molecule has 34 heavy (non-hydrogen) atoms. The van der Waals surface area contributed by atoms with Crippen LogP contribution in [0.1, 0.15) is 112 Å². The zero-order valence-electron chi connectivity index (χ0n) is 22.6. The molecule has 5 heteroatoms. The van der Waals surface area contributed by atoms with E-state index in [0.29, 0.717) is 29.6 Å². The third-order valence-corrected chi connectivity index (χ3v) is 11.4. The number of rotatable bonds is 7. The van der Waals surface area contributed by atoms with Crippen molar-refractivity contribution in [3.8, 4) is 0 Å². The number of nitrogens with zero attached hydrogens (tertiary/aromatic N) is 1. The van der Waals surface area contributed by atoms with Gasteiger partial charge in [0.05, 0.1) is 0 Å². The quantitative estimate of drug-likeness (QED) is 0.220. The van der Waals surface area contributed by atoms with Gasteiger partial charge in [0.15, 0.2) is 0 Å². The van der Waals surface area contributed by atoms with E-state index in [9.17, 15) is 14.9 Å². The van der Waals surface area contributed by atoms with E-state index in [4.69, 9.17) is 4.74 Å². The van der Waals surface area contributed by atoms with Crippen LogP contribution in [0.4, 0.5) is 0 Å². The Labute approximate surface area is 207 Å². The van der Waals surface area contributed by atoms with E-state index in [1.807, 2.05) is 0 Å². The van der Waals surface area contributed by atoms with Crippen LogP contribution in [0, 0.1) is 62.4 Å². The maximum Gasteiger partial charge on any atom is 0.302 e. The predicted molar refractivity (Wildman–Crippen MR) is 135 cm³/mol. The molecule has 0 N–H and O–H groups in total. The van der Waals surface area contributed by atoms with E-state index in [-0.39, 0.29) is 28.3 Å². The van der Waals surface area contributed by atoms with Crippen molar-refractivity contribution in [2.45, 2.75) is 124 Å². The Balaban J connectivity index is 1.54. The molecule has 0 aromatic rings. The summed E-state index contributed by atoms with van der Waals surface area (Å²) >= 11 is 0. The largest absolute Gasteiger partial charge is 0.463 e. The van der Waals surface area contributed by atoms with Crippen LogP contribution in [0.5, 0.6) is 0 Å². The lowest BCUT2D eigenvalue weighted by Crippen LogP contribution is -2.60. The molecule has 0 radical (unpaired) electrons. The van der Waals surface area contributed by atoms with Crippen molar-refractivity contribution in [3.63, 3.8) is 0 Å². The SMILES string of the molecule is CC(=O)O[C@@H]1CC[C@]2(C)[C@@H]3CC[C@]4(C)[C@H](CC[C@@H]4[C@H](C)CCCC(C)C)[C@H]3C[C@@H]([N+](=O)[O-])[C@H]2C1. The summed E-state index contributed by atoms with van der Waals surface area (Å²) in [5.74, 6) is 3.77. The first-order valence-corrected chi connectivity index (χ1v) is 14.3. The minimum absolute atomic E-state index is 0.000397. The van der Waals surface area contributed by atoms with Crippen molar-refractivity contribution in [2.75, 3.05) is 0 Å². The van der Waals surface area contributed by atoms with Gasteiger partial charge >= 0.3 is 5.97 Å². The zero-order chi connectivity index (χ0) is 24.8. The summed E-state index contributed by atoms with van der Waals surface area (Å²) in [4.78, 5) is 24.0. The third-order valence-electron chi connectivity index (χ3n) is 11.4. The van der Waals surface area contributed by atoms with Crippen LogP contribution < -0.4 is 0 Å². The topological polar surface area (TPSA) is 69.4 Å². The van der Waals surface area contributed by atoms with E-state index >= 15 is 0 Å². The number of carbonyl (C=O) groups is 1. The van der Waals surface area contributed by atoms with E-state index in [1.165, 1.54) is 51.9 Å². The minimum atomic E-state index is -0.491. The van der Waals surface area contributed by atoms with E-state index in [0.717, 1.165) is 37.0 Å². The molecule has 0 bridgehead atoms. The molecule has 0 aliphatic heterocycles. The van der Waals surface area contributed by atoms with Crippen molar-refractivity contribution in [1.29, 1.82) is 0 Å². The second-order valence-electron chi connectivity index (χ2n) is 13.6. The Hall–Kier alpha value is -1.13. The van der Waals surface area contributed by atoms with Gasteiger partial charge in [-0.25, -0.2) is 0 Å². The van der Waals surface area contributed by atoms with Crippen LogP contribution in [0.15, 0.2) is 0 Å². The third kappa shape index (κ3) is 4.54. The normalized spacial score (nSPS) is 44.6. The second-order valence-corrected chi connectivity index (χ2v) is 13.6. The van der Waals surface area contributed by atoms with Gasteiger partial charge in [-0.05, 0) is 91.3 Å². The first kappa shape index (κ1) is 25.9. The minimum Gasteiger partial charge on any atom is -0.463 e. The fourth-order valence-corrected chi connectivity index (χ4v) is 9.86. The standard InChI is InChI=1S/C29H49NO4/c1-18(2)8-7-9-19(3)23-10-11-24-22-17-27(30(32)33)26-16-21(34-20(4)31)12-14-29(26,6)25(22)13-15-28(23,24)5/h18-19,21-27H,7-17H2,1-6H3/t19-,21-,22-,23-,24-,25-,26-,27-,28+,29-/m1/s1. The molecule has 0 spiro atoms. The Morgan fingerprint density at radius 2 is 1.65 bits per heavy atom. The number of carbonyl (C=O) groups excluding carboxylic acids is 1. The molecule has 5 nitrogen and oxygen atoms in total. The molecule has 194 valence electrons. The van der Waals surface area contributed by atoms with Gasteiger partial charge in [0.2, 0.25) is 6.04 Å².